The van der Waals surface area contributed by atoms with Gasteiger partial charge in [-0.3, -0.25) is 0 Å². The molecule has 0 saturated carbocycles. The number of primary sulfonamides is 1. The number of ether oxygens (including phenoxy) is 1. The van der Waals surface area contributed by atoms with Crippen LogP contribution in [0.15, 0.2) is 35.2 Å². The van der Waals surface area contributed by atoms with Crippen LogP contribution in [0.25, 0.3) is 0 Å². The van der Waals surface area contributed by atoms with E-state index in [1.807, 2.05) is 25.1 Å². The maximum atomic E-state index is 11.6. The third kappa shape index (κ3) is 2.55. The summed E-state index contributed by atoms with van der Waals surface area (Å²) in [6, 6.07) is 9.03. The van der Waals surface area contributed by atoms with Crippen LogP contribution in [-0.4, -0.2) is 8.42 Å². The Morgan fingerprint density at radius 2 is 1.72 bits per heavy atom. The molecule has 0 aliphatic rings. The Morgan fingerprint density at radius 3 is 2.28 bits per heavy atom. The minimum Gasteiger partial charge on any atom is -0.455 e. The molecule has 0 saturated heterocycles. The van der Waals surface area contributed by atoms with Gasteiger partial charge in [-0.2, -0.15) is 0 Å². The summed E-state index contributed by atoms with van der Waals surface area (Å²) in [4.78, 5) is 1.51. The molecule has 0 spiro atoms. The zero-order valence-corrected chi connectivity index (χ0v) is 11.6. The molecule has 18 heavy (non-hydrogen) atoms. The topological polar surface area (TPSA) is 69.4 Å². The normalized spacial score (nSPS) is 11.5. The Bertz CT molecular complexity index is 660. The highest BCUT2D eigenvalue weighted by Crippen LogP contribution is 2.39. The van der Waals surface area contributed by atoms with Crippen LogP contribution in [0.1, 0.15) is 9.75 Å². The molecule has 96 valence electrons. The van der Waals surface area contributed by atoms with E-state index >= 15 is 0 Å². The molecule has 0 fully saturated rings. The molecule has 4 nitrogen and oxygen atoms in total. The minimum absolute atomic E-state index is 0.0776. The van der Waals surface area contributed by atoms with Gasteiger partial charge in [0.2, 0.25) is 10.0 Å². The molecule has 0 amide bonds. The second kappa shape index (κ2) is 4.72. The maximum Gasteiger partial charge on any atom is 0.242 e. The van der Waals surface area contributed by atoms with Gasteiger partial charge in [-0.15, -0.1) is 11.3 Å². The monoisotopic (exact) mass is 283 g/mol. The number of hydrogen-bond acceptors (Lipinski definition) is 4. The molecule has 2 aromatic rings. The van der Waals surface area contributed by atoms with Gasteiger partial charge in [-0.25, -0.2) is 13.6 Å². The summed E-state index contributed by atoms with van der Waals surface area (Å²) < 4.78 is 28.8. The zero-order chi connectivity index (χ0) is 13.3. The van der Waals surface area contributed by atoms with Crippen LogP contribution in [0.3, 0.4) is 0 Å². The lowest BCUT2D eigenvalue weighted by atomic mass is 10.3. The highest BCUT2D eigenvalue weighted by Gasteiger charge is 2.24. The predicted molar refractivity (Wildman–Crippen MR) is 71.7 cm³/mol. The standard InChI is InChI=1S/C12H13NO3S2/c1-8-11(16-10-6-4-3-5-7-10)12(9(2)17-8)18(13,14)15/h3-7H,1-2H3,(H2,13,14,15). The van der Waals surface area contributed by atoms with Crippen molar-refractivity contribution in [1.29, 1.82) is 0 Å². The fourth-order valence-electron chi connectivity index (χ4n) is 1.70. The van der Waals surface area contributed by atoms with Crippen molar-refractivity contribution in [2.24, 2.45) is 5.14 Å². The summed E-state index contributed by atoms with van der Waals surface area (Å²) in [7, 11) is -3.78. The van der Waals surface area contributed by atoms with Gasteiger partial charge in [0.25, 0.3) is 0 Å². The fraction of sp³-hybridized carbons (Fsp3) is 0.167. The van der Waals surface area contributed by atoms with Crippen LogP contribution in [0, 0.1) is 13.8 Å². The van der Waals surface area contributed by atoms with Gasteiger partial charge in [0.05, 0.1) is 0 Å². The summed E-state index contributed by atoms with van der Waals surface area (Å²) in [6.07, 6.45) is 0. The molecule has 2 rings (SSSR count). The summed E-state index contributed by atoms with van der Waals surface area (Å²) in [5.74, 6) is 0.912. The minimum atomic E-state index is -3.78. The average Bonchev–Trinajstić information content (AvgIpc) is 2.54. The van der Waals surface area contributed by atoms with Crippen LogP contribution < -0.4 is 9.88 Å². The molecular weight excluding hydrogens is 270 g/mol. The molecule has 0 bridgehead atoms. The number of sulfonamides is 1. The molecule has 2 N–H and O–H groups in total. The molecule has 0 aliphatic carbocycles. The first-order valence-electron chi connectivity index (χ1n) is 5.25. The van der Waals surface area contributed by atoms with Gasteiger partial charge in [0.1, 0.15) is 10.6 Å². The van der Waals surface area contributed by atoms with E-state index in [0.29, 0.717) is 16.4 Å². The van der Waals surface area contributed by atoms with Crippen LogP contribution in [0.5, 0.6) is 11.5 Å². The molecule has 1 heterocycles. The Kier molecular flexibility index (Phi) is 3.43. The van der Waals surface area contributed by atoms with Crippen molar-refractivity contribution < 1.29 is 13.2 Å². The van der Waals surface area contributed by atoms with Crippen molar-refractivity contribution >= 4 is 21.4 Å². The lowest BCUT2D eigenvalue weighted by Crippen LogP contribution is -2.13. The van der Waals surface area contributed by atoms with E-state index < -0.39 is 10.0 Å². The Hall–Kier alpha value is -1.37. The Morgan fingerprint density at radius 1 is 1.11 bits per heavy atom. The number of aryl methyl sites for hydroxylation is 2. The number of thiophene rings is 1. The first-order valence-corrected chi connectivity index (χ1v) is 7.61. The number of nitrogens with two attached hydrogens (primary N) is 1. The van der Waals surface area contributed by atoms with Gasteiger partial charge in [-0.1, -0.05) is 18.2 Å². The average molecular weight is 283 g/mol. The molecule has 6 heteroatoms. The first kappa shape index (κ1) is 13.1. The number of hydrogen-bond donors (Lipinski definition) is 1. The summed E-state index contributed by atoms with van der Waals surface area (Å²) in [6.45, 7) is 3.53. The smallest absolute Gasteiger partial charge is 0.242 e. The quantitative estimate of drug-likeness (QED) is 0.941. The SMILES string of the molecule is Cc1sc(C)c(S(N)(=O)=O)c1Oc1ccccc1. The fourth-order valence-corrected chi connectivity index (χ4v) is 3.97. The molecular formula is C12H13NO3S2. The van der Waals surface area contributed by atoms with E-state index in [4.69, 9.17) is 9.88 Å². The van der Waals surface area contributed by atoms with Gasteiger partial charge < -0.3 is 4.74 Å². The number of benzene rings is 1. The second-order valence-corrected chi connectivity index (χ2v) is 6.76. The second-order valence-electron chi connectivity index (χ2n) is 3.83. The first-order chi connectivity index (χ1) is 8.39. The molecule has 0 aliphatic heterocycles. The number of rotatable bonds is 3. The van der Waals surface area contributed by atoms with Crippen molar-refractivity contribution in [1.82, 2.24) is 0 Å². The highest BCUT2D eigenvalue weighted by atomic mass is 32.2. The van der Waals surface area contributed by atoms with Crippen molar-refractivity contribution in [3.8, 4) is 11.5 Å². The highest BCUT2D eigenvalue weighted by molar-refractivity contribution is 7.89. The van der Waals surface area contributed by atoms with Gasteiger partial charge in [-0.05, 0) is 26.0 Å². The lowest BCUT2D eigenvalue weighted by Gasteiger charge is -2.07. The van der Waals surface area contributed by atoms with Crippen LogP contribution in [0.4, 0.5) is 0 Å². The van der Waals surface area contributed by atoms with Crippen LogP contribution in [0.2, 0.25) is 0 Å². The maximum absolute atomic E-state index is 11.6. The van der Waals surface area contributed by atoms with Crippen molar-refractivity contribution in [2.45, 2.75) is 18.7 Å². The summed E-state index contributed by atoms with van der Waals surface area (Å²) in [5.41, 5.74) is 0. The van der Waals surface area contributed by atoms with E-state index in [1.54, 1.807) is 19.1 Å². The molecule has 0 atom stereocenters. The lowest BCUT2D eigenvalue weighted by molar-refractivity contribution is 0.467. The largest absolute Gasteiger partial charge is 0.455 e. The Labute approximate surface area is 110 Å². The van der Waals surface area contributed by atoms with E-state index in [2.05, 4.69) is 0 Å². The van der Waals surface area contributed by atoms with Crippen molar-refractivity contribution in [3.05, 3.63) is 40.1 Å². The van der Waals surface area contributed by atoms with Gasteiger partial charge >= 0.3 is 0 Å². The third-order valence-electron chi connectivity index (χ3n) is 2.40. The van der Waals surface area contributed by atoms with Gasteiger partial charge in [0.15, 0.2) is 5.75 Å². The summed E-state index contributed by atoms with van der Waals surface area (Å²) >= 11 is 1.36. The van der Waals surface area contributed by atoms with E-state index in [1.165, 1.54) is 11.3 Å². The van der Waals surface area contributed by atoms with Crippen LogP contribution >= 0.6 is 11.3 Å². The zero-order valence-electron chi connectivity index (χ0n) is 10.0. The molecule has 1 aromatic carbocycles. The molecule has 0 radical (unpaired) electrons. The van der Waals surface area contributed by atoms with E-state index in [-0.39, 0.29) is 4.90 Å². The molecule has 0 unspecified atom stereocenters. The predicted octanol–water partition coefficient (Wildman–Crippen LogP) is 2.80. The van der Waals surface area contributed by atoms with Crippen molar-refractivity contribution in [3.63, 3.8) is 0 Å². The molecule has 1 aromatic heterocycles. The number of para-hydroxylation sites is 1. The Balaban J connectivity index is 2.52. The van der Waals surface area contributed by atoms with Gasteiger partial charge in [0, 0.05) is 9.75 Å². The third-order valence-corrected chi connectivity index (χ3v) is 4.59. The summed E-state index contributed by atoms with van der Waals surface area (Å²) in [5, 5.41) is 5.22. The van der Waals surface area contributed by atoms with Crippen LogP contribution in [-0.2, 0) is 10.0 Å². The van der Waals surface area contributed by atoms with E-state index in [0.717, 1.165) is 4.88 Å². The van der Waals surface area contributed by atoms with Crippen molar-refractivity contribution in [2.75, 3.05) is 0 Å². The van der Waals surface area contributed by atoms with E-state index in [9.17, 15) is 8.42 Å².